The van der Waals surface area contributed by atoms with Gasteiger partial charge in [-0.2, -0.15) is 0 Å². The van der Waals surface area contributed by atoms with E-state index >= 15 is 0 Å². The van der Waals surface area contributed by atoms with Gasteiger partial charge in [-0.25, -0.2) is 9.37 Å². The van der Waals surface area contributed by atoms with Crippen LogP contribution in [0.15, 0.2) is 34.0 Å². The molecule has 0 saturated carbocycles. The maximum Gasteiger partial charge on any atom is 0.234 e. The molecule has 0 spiro atoms. The van der Waals surface area contributed by atoms with Gasteiger partial charge < -0.3 is 10.6 Å². The lowest BCUT2D eigenvalue weighted by Gasteiger charge is -2.04. The highest BCUT2D eigenvalue weighted by Gasteiger charge is 2.10. The minimum absolute atomic E-state index is 0.0306. The lowest BCUT2D eigenvalue weighted by atomic mass is 10.2. The fourth-order valence-electron chi connectivity index (χ4n) is 2.12. The van der Waals surface area contributed by atoms with Gasteiger partial charge in [-0.3, -0.25) is 9.59 Å². The maximum atomic E-state index is 12.8. The standard InChI is InChI=1S/C18H22FN3O2S2/c1-2-3-4-9-20-16(23)10-15-11-25-18(22-15)26-12-17(24)21-14-7-5-13(19)6-8-14/h5-8,11H,2-4,9-10,12H2,1H3,(H,20,23)(H,21,24). The second-order valence-corrected chi connectivity index (χ2v) is 7.76. The Morgan fingerprint density at radius 3 is 2.69 bits per heavy atom. The molecule has 1 aromatic carbocycles. The van der Waals surface area contributed by atoms with E-state index in [1.807, 2.05) is 5.38 Å². The van der Waals surface area contributed by atoms with Gasteiger partial charge in [0.2, 0.25) is 11.8 Å². The number of nitrogens with zero attached hydrogens (tertiary/aromatic N) is 1. The molecule has 5 nitrogen and oxygen atoms in total. The summed E-state index contributed by atoms with van der Waals surface area (Å²) in [5, 5.41) is 7.42. The summed E-state index contributed by atoms with van der Waals surface area (Å²) in [7, 11) is 0. The maximum absolute atomic E-state index is 12.8. The molecule has 26 heavy (non-hydrogen) atoms. The van der Waals surface area contributed by atoms with Crippen LogP contribution in [-0.4, -0.2) is 29.1 Å². The highest BCUT2D eigenvalue weighted by atomic mass is 32.2. The third-order valence-electron chi connectivity index (χ3n) is 3.43. The molecule has 0 radical (unpaired) electrons. The smallest absolute Gasteiger partial charge is 0.234 e. The second kappa shape index (κ2) is 10.9. The topological polar surface area (TPSA) is 71.1 Å². The quantitative estimate of drug-likeness (QED) is 0.473. The van der Waals surface area contributed by atoms with Gasteiger partial charge >= 0.3 is 0 Å². The second-order valence-electron chi connectivity index (χ2n) is 5.68. The minimum Gasteiger partial charge on any atom is -0.356 e. The van der Waals surface area contributed by atoms with Gasteiger partial charge in [-0.05, 0) is 30.7 Å². The highest BCUT2D eigenvalue weighted by molar-refractivity contribution is 8.01. The summed E-state index contributed by atoms with van der Waals surface area (Å²) in [6, 6.07) is 5.61. The summed E-state index contributed by atoms with van der Waals surface area (Å²) in [6.07, 6.45) is 3.48. The Morgan fingerprint density at radius 2 is 1.96 bits per heavy atom. The molecular formula is C18H22FN3O2S2. The molecule has 2 rings (SSSR count). The van der Waals surface area contributed by atoms with Crippen LogP contribution in [-0.2, 0) is 16.0 Å². The first-order valence-corrected chi connectivity index (χ1v) is 10.3. The van der Waals surface area contributed by atoms with Gasteiger partial charge in [-0.1, -0.05) is 31.5 Å². The highest BCUT2D eigenvalue weighted by Crippen LogP contribution is 2.23. The number of hydrogen-bond donors (Lipinski definition) is 2. The number of hydrogen-bond acceptors (Lipinski definition) is 5. The van der Waals surface area contributed by atoms with E-state index in [0.717, 1.165) is 23.6 Å². The van der Waals surface area contributed by atoms with Crippen molar-refractivity contribution in [2.45, 2.75) is 36.9 Å². The molecule has 1 aromatic heterocycles. The SMILES string of the molecule is CCCCCNC(=O)Cc1csc(SCC(=O)Nc2ccc(F)cc2)n1. The molecule has 0 aliphatic rings. The van der Waals surface area contributed by atoms with Crippen molar-refractivity contribution in [3.63, 3.8) is 0 Å². The third-order valence-corrected chi connectivity index (χ3v) is 5.50. The van der Waals surface area contributed by atoms with Gasteiger partial charge in [0.15, 0.2) is 4.34 Å². The Balaban J connectivity index is 1.71. The van der Waals surface area contributed by atoms with Crippen LogP contribution < -0.4 is 10.6 Å². The first kappa shape index (κ1) is 20.4. The lowest BCUT2D eigenvalue weighted by molar-refractivity contribution is -0.120. The zero-order valence-electron chi connectivity index (χ0n) is 14.6. The fourth-order valence-corrected chi connectivity index (χ4v) is 3.77. The number of benzene rings is 1. The summed E-state index contributed by atoms with van der Waals surface area (Å²) in [5.74, 6) is -0.362. The van der Waals surface area contributed by atoms with Crippen LogP contribution in [0.5, 0.6) is 0 Å². The van der Waals surface area contributed by atoms with E-state index in [9.17, 15) is 14.0 Å². The van der Waals surface area contributed by atoms with Gasteiger partial charge in [0.1, 0.15) is 5.82 Å². The van der Waals surface area contributed by atoms with Crippen LogP contribution in [0, 0.1) is 5.82 Å². The minimum atomic E-state index is -0.345. The van der Waals surface area contributed by atoms with Crippen molar-refractivity contribution in [1.29, 1.82) is 0 Å². The monoisotopic (exact) mass is 395 g/mol. The van der Waals surface area contributed by atoms with Crippen LogP contribution in [0.2, 0.25) is 0 Å². The molecule has 2 amide bonds. The number of thiazole rings is 1. The number of unbranched alkanes of at least 4 members (excludes halogenated alkanes) is 2. The van der Waals surface area contributed by atoms with E-state index in [4.69, 9.17) is 0 Å². The zero-order valence-corrected chi connectivity index (χ0v) is 16.2. The van der Waals surface area contributed by atoms with Crippen molar-refractivity contribution < 1.29 is 14.0 Å². The van der Waals surface area contributed by atoms with E-state index in [-0.39, 0.29) is 29.8 Å². The van der Waals surface area contributed by atoms with Crippen molar-refractivity contribution in [1.82, 2.24) is 10.3 Å². The van der Waals surface area contributed by atoms with Gasteiger partial charge in [0, 0.05) is 17.6 Å². The first-order chi connectivity index (χ1) is 12.6. The molecule has 140 valence electrons. The average molecular weight is 396 g/mol. The molecule has 2 aromatic rings. The lowest BCUT2D eigenvalue weighted by Crippen LogP contribution is -2.26. The summed E-state index contributed by atoms with van der Waals surface area (Å²) >= 11 is 2.73. The number of aromatic nitrogens is 1. The van der Waals surface area contributed by atoms with Gasteiger partial charge in [0.05, 0.1) is 17.9 Å². The molecule has 0 aliphatic heterocycles. The molecule has 1 heterocycles. The number of anilines is 1. The van der Waals surface area contributed by atoms with Crippen molar-refractivity contribution >= 4 is 40.6 Å². The molecule has 0 unspecified atom stereocenters. The third kappa shape index (κ3) is 7.53. The number of amides is 2. The Hall–Kier alpha value is -1.93. The van der Waals surface area contributed by atoms with E-state index in [2.05, 4.69) is 22.5 Å². The fraction of sp³-hybridized carbons (Fsp3) is 0.389. The predicted octanol–water partition coefficient (Wildman–Crippen LogP) is 3.86. The Kier molecular flexibility index (Phi) is 8.57. The van der Waals surface area contributed by atoms with E-state index in [1.165, 1.54) is 47.4 Å². The number of carbonyl (C=O) groups excluding carboxylic acids is 2. The van der Waals surface area contributed by atoms with Crippen LogP contribution in [0.25, 0.3) is 0 Å². The average Bonchev–Trinajstić information content (AvgIpc) is 3.06. The number of nitrogens with one attached hydrogen (secondary N) is 2. The number of halogens is 1. The van der Waals surface area contributed by atoms with Crippen LogP contribution >= 0.6 is 23.1 Å². The molecule has 0 fully saturated rings. The normalized spacial score (nSPS) is 10.5. The number of rotatable bonds is 10. The molecule has 0 saturated heterocycles. The summed E-state index contributed by atoms with van der Waals surface area (Å²) in [4.78, 5) is 28.1. The van der Waals surface area contributed by atoms with E-state index < -0.39 is 0 Å². The molecule has 0 atom stereocenters. The molecule has 2 N–H and O–H groups in total. The van der Waals surface area contributed by atoms with Crippen LogP contribution in [0.3, 0.4) is 0 Å². The van der Waals surface area contributed by atoms with Gasteiger partial charge in [0.25, 0.3) is 0 Å². The Labute approximate surface area is 160 Å². The van der Waals surface area contributed by atoms with Crippen LogP contribution in [0.4, 0.5) is 10.1 Å². The summed E-state index contributed by atoms with van der Waals surface area (Å²) < 4.78 is 13.6. The number of carbonyl (C=O) groups is 2. The van der Waals surface area contributed by atoms with Crippen LogP contribution in [0.1, 0.15) is 31.9 Å². The zero-order chi connectivity index (χ0) is 18.8. The molecule has 0 bridgehead atoms. The Bertz CT molecular complexity index is 719. The van der Waals surface area contributed by atoms with E-state index in [1.54, 1.807) is 0 Å². The summed E-state index contributed by atoms with van der Waals surface area (Å²) in [6.45, 7) is 2.82. The summed E-state index contributed by atoms with van der Waals surface area (Å²) in [5.41, 5.74) is 1.26. The largest absolute Gasteiger partial charge is 0.356 e. The molecule has 8 heteroatoms. The predicted molar refractivity (Wildman–Crippen MR) is 104 cm³/mol. The van der Waals surface area contributed by atoms with Crippen molar-refractivity contribution in [3.8, 4) is 0 Å². The van der Waals surface area contributed by atoms with Gasteiger partial charge in [-0.15, -0.1) is 11.3 Å². The van der Waals surface area contributed by atoms with Crippen molar-refractivity contribution in [2.75, 3.05) is 17.6 Å². The van der Waals surface area contributed by atoms with E-state index in [0.29, 0.717) is 17.9 Å². The molecule has 0 aliphatic carbocycles. The number of thioether (sulfide) groups is 1. The first-order valence-electron chi connectivity index (χ1n) is 8.46. The molecular weight excluding hydrogens is 373 g/mol. The van der Waals surface area contributed by atoms with Crippen molar-refractivity contribution in [2.24, 2.45) is 0 Å². The van der Waals surface area contributed by atoms with Crippen molar-refractivity contribution in [3.05, 3.63) is 41.2 Å². The Morgan fingerprint density at radius 1 is 1.19 bits per heavy atom.